The zero-order chi connectivity index (χ0) is 18.2. The van der Waals surface area contributed by atoms with Crippen molar-refractivity contribution in [2.75, 3.05) is 72.8 Å². The highest BCUT2D eigenvalue weighted by atomic mass is 127. The van der Waals surface area contributed by atoms with Gasteiger partial charge in [0.05, 0.1) is 39.1 Å². The molecule has 0 aliphatic carbocycles. The number of hydrogen-bond acceptors (Lipinski definition) is 5. The quantitative estimate of drug-likeness (QED) is 0.238. The van der Waals surface area contributed by atoms with Gasteiger partial charge < -0.3 is 24.4 Å². The Bertz CT molecular complexity index is 455. The molecule has 3 fully saturated rings. The van der Waals surface area contributed by atoms with Crippen molar-refractivity contribution >= 4 is 29.9 Å². The topological polar surface area (TPSA) is 58.6 Å². The lowest BCUT2D eigenvalue weighted by atomic mass is 10.1. The summed E-state index contributed by atoms with van der Waals surface area (Å²) in [5.74, 6) is 1.60. The number of aliphatic imine (C=N–C) groups is 1. The lowest BCUT2D eigenvalue weighted by Crippen LogP contribution is -2.48. The van der Waals surface area contributed by atoms with E-state index in [4.69, 9.17) is 19.2 Å². The standard InChI is InChI=1S/C19H36N4O3.HI/c1-3-20-19(23-8-6-16(12-23)14-25-10-9-24-2)21-11-18-13-22-7-4-5-17(22)15-26-18;/h16-18H,3-15H2,1-2H3,(H,20,21);1H. The molecule has 3 saturated heterocycles. The summed E-state index contributed by atoms with van der Waals surface area (Å²) in [5, 5.41) is 3.45. The maximum atomic E-state index is 6.05. The minimum absolute atomic E-state index is 0. The van der Waals surface area contributed by atoms with Crippen LogP contribution in [0, 0.1) is 5.92 Å². The predicted octanol–water partition coefficient (Wildman–Crippen LogP) is 1.42. The van der Waals surface area contributed by atoms with Crippen LogP contribution >= 0.6 is 24.0 Å². The van der Waals surface area contributed by atoms with Gasteiger partial charge in [-0.3, -0.25) is 9.89 Å². The van der Waals surface area contributed by atoms with E-state index in [1.165, 1.54) is 19.4 Å². The van der Waals surface area contributed by atoms with Crippen molar-refractivity contribution in [1.82, 2.24) is 15.1 Å². The fraction of sp³-hybridized carbons (Fsp3) is 0.947. The number of guanidine groups is 1. The minimum atomic E-state index is 0. The molecule has 0 saturated carbocycles. The number of likely N-dealkylation sites (tertiary alicyclic amines) is 1. The Morgan fingerprint density at radius 3 is 2.93 bits per heavy atom. The van der Waals surface area contributed by atoms with E-state index >= 15 is 0 Å². The number of nitrogens with zero attached hydrogens (tertiary/aromatic N) is 3. The molecule has 8 heteroatoms. The van der Waals surface area contributed by atoms with Crippen molar-refractivity contribution < 1.29 is 14.2 Å². The van der Waals surface area contributed by atoms with E-state index in [1.807, 2.05) is 0 Å². The van der Waals surface area contributed by atoms with E-state index < -0.39 is 0 Å². The number of fused-ring (bicyclic) bond motifs is 1. The van der Waals surface area contributed by atoms with Crippen LogP contribution in [0.5, 0.6) is 0 Å². The molecule has 3 unspecified atom stereocenters. The van der Waals surface area contributed by atoms with Crippen molar-refractivity contribution in [2.45, 2.75) is 38.3 Å². The summed E-state index contributed by atoms with van der Waals surface area (Å²) in [6, 6.07) is 0.654. The van der Waals surface area contributed by atoms with Crippen LogP contribution in [0.15, 0.2) is 4.99 Å². The normalized spacial score (nSPS) is 28.9. The molecule has 3 heterocycles. The largest absolute Gasteiger partial charge is 0.382 e. The van der Waals surface area contributed by atoms with Crippen molar-refractivity contribution in [3.05, 3.63) is 0 Å². The van der Waals surface area contributed by atoms with E-state index in [-0.39, 0.29) is 30.1 Å². The number of rotatable bonds is 8. The Hall–Kier alpha value is -0.160. The molecule has 27 heavy (non-hydrogen) atoms. The highest BCUT2D eigenvalue weighted by Crippen LogP contribution is 2.23. The van der Waals surface area contributed by atoms with Gasteiger partial charge in [-0.05, 0) is 32.7 Å². The Labute approximate surface area is 181 Å². The molecule has 0 aromatic carbocycles. The van der Waals surface area contributed by atoms with Crippen LogP contribution in [0.1, 0.15) is 26.2 Å². The van der Waals surface area contributed by atoms with E-state index in [2.05, 4.69) is 22.0 Å². The Morgan fingerprint density at radius 2 is 2.11 bits per heavy atom. The Morgan fingerprint density at radius 1 is 1.22 bits per heavy atom. The van der Waals surface area contributed by atoms with Crippen molar-refractivity contribution in [3.8, 4) is 0 Å². The number of morpholine rings is 1. The van der Waals surface area contributed by atoms with Gasteiger partial charge in [0.15, 0.2) is 5.96 Å². The number of nitrogens with one attached hydrogen (secondary N) is 1. The minimum Gasteiger partial charge on any atom is -0.382 e. The van der Waals surface area contributed by atoms with Gasteiger partial charge in [0, 0.05) is 45.2 Å². The van der Waals surface area contributed by atoms with Gasteiger partial charge in [-0.15, -0.1) is 24.0 Å². The van der Waals surface area contributed by atoms with Crippen LogP contribution in [0.3, 0.4) is 0 Å². The monoisotopic (exact) mass is 496 g/mol. The van der Waals surface area contributed by atoms with Gasteiger partial charge in [0.25, 0.3) is 0 Å². The molecule has 3 rings (SSSR count). The summed E-state index contributed by atoms with van der Waals surface area (Å²) in [6.07, 6.45) is 4.00. The lowest BCUT2D eigenvalue weighted by molar-refractivity contribution is -0.0432. The molecule has 0 amide bonds. The fourth-order valence-electron chi connectivity index (χ4n) is 4.16. The lowest BCUT2D eigenvalue weighted by Gasteiger charge is -2.34. The Balaban J connectivity index is 0.00000261. The first kappa shape index (κ1) is 23.1. The number of halogens is 1. The van der Waals surface area contributed by atoms with E-state index in [0.717, 1.165) is 58.3 Å². The van der Waals surface area contributed by atoms with Gasteiger partial charge >= 0.3 is 0 Å². The highest BCUT2D eigenvalue weighted by molar-refractivity contribution is 14.0. The summed E-state index contributed by atoms with van der Waals surface area (Å²) in [6.45, 7) is 11.1. The molecule has 0 aromatic heterocycles. The predicted molar refractivity (Wildman–Crippen MR) is 118 cm³/mol. The van der Waals surface area contributed by atoms with E-state index in [1.54, 1.807) is 7.11 Å². The third-order valence-corrected chi connectivity index (χ3v) is 5.61. The highest BCUT2D eigenvalue weighted by Gasteiger charge is 2.32. The molecule has 0 aromatic rings. The second-order valence-electron chi connectivity index (χ2n) is 7.61. The number of hydrogen-bond donors (Lipinski definition) is 1. The molecule has 3 aliphatic rings. The summed E-state index contributed by atoms with van der Waals surface area (Å²) in [4.78, 5) is 9.85. The molecule has 3 atom stereocenters. The molecule has 1 N–H and O–H groups in total. The summed E-state index contributed by atoms with van der Waals surface area (Å²) in [7, 11) is 1.71. The van der Waals surface area contributed by atoms with Crippen LogP contribution in [-0.2, 0) is 14.2 Å². The molecule has 158 valence electrons. The summed E-state index contributed by atoms with van der Waals surface area (Å²) >= 11 is 0. The average molecular weight is 496 g/mol. The molecular formula is C19H37IN4O3. The summed E-state index contributed by atoms with van der Waals surface area (Å²) < 4.78 is 16.8. The Kier molecular flexibility index (Phi) is 10.6. The first-order valence-electron chi connectivity index (χ1n) is 10.3. The molecule has 0 bridgehead atoms. The van der Waals surface area contributed by atoms with E-state index in [0.29, 0.717) is 25.2 Å². The molecular weight excluding hydrogens is 459 g/mol. The maximum Gasteiger partial charge on any atom is 0.194 e. The zero-order valence-electron chi connectivity index (χ0n) is 16.9. The van der Waals surface area contributed by atoms with Crippen LogP contribution in [0.4, 0.5) is 0 Å². The van der Waals surface area contributed by atoms with Crippen LogP contribution in [-0.4, -0.2) is 101 Å². The van der Waals surface area contributed by atoms with Gasteiger partial charge in [-0.25, -0.2) is 0 Å². The van der Waals surface area contributed by atoms with Crippen LogP contribution in [0.2, 0.25) is 0 Å². The van der Waals surface area contributed by atoms with Crippen molar-refractivity contribution in [1.29, 1.82) is 0 Å². The fourth-order valence-corrected chi connectivity index (χ4v) is 4.16. The SMILES string of the molecule is CCNC(=NCC1CN2CCCC2CO1)N1CCC(COCCOC)C1.I. The molecule has 0 radical (unpaired) electrons. The smallest absolute Gasteiger partial charge is 0.194 e. The molecule has 0 spiro atoms. The molecule has 3 aliphatic heterocycles. The van der Waals surface area contributed by atoms with E-state index in [9.17, 15) is 0 Å². The molecule has 7 nitrogen and oxygen atoms in total. The van der Waals surface area contributed by atoms with Crippen LogP contribution in [0.25, 0.3) is 0 Å². The average Bonchev–Trinajstić information content (AvgIpc) is 3.31. The summed E-state index contributed by atoms with van der Waals surface area (Å²) in [5.41, 5.74) is 0. The second-order valence-corrected chi connectivity index (χ2v) is 7.61. The number of methoxy groups -OCH3 is 1. The first-order valence-corrected chi connectivity index (χ1v) is 10.3. The zero-order valence-corrected chi connectivity index (χ0v) is 19.2. The van der Waals surface area contributed by atoms with Crippen molar-refractivity contribution in [2.24, 2.45) is 10.9 Å². The third kappa shape index (κ3) is 6.99. The van der Waals surface area contributed by atoms with Crippen LogP contribution < -0.4 is 5.32 Å². The first-order chi connectivity index (χ1) is 12.8. The van der Waals surface area contributed by atoms with Gasteiger partial charge in [-0.1, -0.05) is 0 Å². The van der Waals surface area contributed by atoms with Gasteiger partial charge in [0.1, 0.15) is 0 Å². The maximum absolute atomic E-state index is 6.05. The van der Waals surface area contributed by atoms with Gasteiger partial charge in [0.2, 0.25) is 0 Å². The van der Waals surface area contributed by atoms with Crippen molar-refractivity contribution in [3.63, 3.8) is 0 Å². The second kappa shape index (κ2) is 12.4. The van der Waals surface area contributed by atoms with Gasteiger partial charge in [-0.2, -0.15) is 0 Å². The number of ether oxygens (including phenoxy) is 3. The third-order valence-electron chi connectivity index (χ3n) is 5.61.